The Labute approximate surface area is 186 Å². The van der Waals surface area contributed by atoms with Gasteiger partial charge in [0.2, 0.25) is 0 Å². The van der Waals surface area contributed by atoms with E-state index in [1.54, 1.807) is 30.6 Å². The molecule has 0 saturated carbocycles. The Morgan fingerprint density at radius 1 is 1.00 bits per heavy atom. The number of nitrogens with zero attached hydrogens (tertiary/aromatic N) is 5. The number of para-hydroxylation sites is 1. The van der Waals surface area contributed by atoms with Crippen LogP contribution in [0.4, 0.5) is 4.39 Å². The van der Waals surface area contributed by atoms with Crippen LogP contribution in [0.5, 0.6) is 0 Å². The topological polar surface area (TPSA) is 89.3 Å². The minimum Gasteiger partial charge on any atom is -0.309 e. The highest BCUT2D eigenvalue weighted by molar-refractivity contribution is 7.99. The van der Waals surface area contributed by atoms with Gasteiger partial charge < -0.3 is 4.98 Å². The Balaban J connectivity index is 1.57. The van der Waals surface area contributed by atoms with E-state index < -0.39 is 0 Å². The van der Waals surface area contributed by atoms with E-state index in [1.165, 1.54) is 23.9 Å². The highest BCUT2D eigenvalue weighted by Crippen LogP contribution is 2.35. The van der Waals surface area contributed by atoms with E-state index in [9.17, 15) is 9.18 Å². The normalized spacial score (nSPS) is 12.2. The summed E-state index contributed by atoms with van der Waals surface area (Å²) in [7, 11) is 0. The molecule has 1 N–H and O–H groups in total. The van der Waals surface area contributed by atoms with Crippen LogP contribution >= 0.6 is 11.8 Å². The molecule has 5 rings (SSSR count). The summed E-state index contributed by atoms with van der Waals surface area (Å²) in [5.74, 6) is 0.819. The Morgan fingerprint density at radius 2 is 1.75 bits per heavy atom. The molecule has 1 atom stereocenters. The molecule has 2 aromatic carbocycles. The summed E-state index contributed by atoms with van der Waals surface area (Å²) in [6, 6.07) is 17.0. The van der Waals surface area contributed by atoms with E-state index in [-0.39, 0.29) is 16.6 Å². The molecule has 0 fully saturated rings. The van der Waals surface area contributed by atoms with Crippen molar-refractivity contribution in [2.24, 2.45) is 0 Å². The van der Waals surface area contributed by atoms with E-state index in [2.05, 4.69) is 25.1 Å². The SMILES string of the molecule is CC(Sc1nnc(-c2ccncc2)n1-c1ccc(F)cc1)c1nc2ccccc2c(=O)[nH]1. The summed E-state index contributed by atoms with van der Waals surface area (Å²) in [5, 5.41) is 9.67. The molecule has 0 amide bonds. The third-order valence-corrected chi connectivity index (χ3v) is 6.01. The number of benzene rings is 2. The average Bonchev–Trinajstić information content (AvgIpc) is 3.23. The van der Waals surface area contributed by atoms with Gasteiger partial charge in [-0.15, -0.1) is 10.2 Å². The molecule has 0 saturated heterocycles. The summed E-state index contributed by atoms with van der Waals surface area (Å²) in [5.41, 5.74) is 2.00. The number of aromatic nitrogens is 6. The van der Waals surface area contributed by atoms with Gasteiger partial charge in [-0.1, -0.05) is 23.9 Å². The van der Waals surface area contributed by atoms with Crippen LogP contribution in [0.3, 0.4) is 0 Å². The molecule has 7 nitrogen and oxygen atoms in total. The van der Waals surface area contributed by atoms with Crippen molar-refractivity contribution in [2.75, 3.05) is 0 Å². The van der Waals surface area contributed by atoms with Crippen LogP contribution in [-0.4, -0.2) is 29.7 Å². The molecule has 0 bridgehead atoms. The van der Waals surface area contributed by atoms with Gasteiger partial charge in [-0.3, -0.25) is 14.3 Å². The number of nitrogens with one attached hydrogen (secondary N) is 1. The van der Waals surface area contributed by atoms with Crippen LogP contribution in [0.1, 0.15) is 18.0 Å². The van der Waals surface area contributed by atoms with Crippen molar-refractivity contribution in [3.63, 3.8) is 0 Å². The number of hydrogen-bond donors (Lipinski definition) is 1. The number of hydrogen-bond acceptors (Lipinski definition) is 6. The number of H-pyrrole nitrogens is 1. The lowest BCUT2D eigenvalue weighted by molar-refractivity contribution is 0.627. The molecule has 0 aliphatic heterocycles. The summed E-state index contributed by atoms with van der Waals surface area (Å²) in [4.78, 5) is 24.0. The van der Waals surface area contributed by atoms with Crippen LogP contribution in [-0.2, 0) is 0 Å². The molecule has 158 valence electrons. The summed E-state index contributed by atoms with van der Waals surface area (Å²) in [6.45, 7) is 1.94. The van der Waals surface area contributed by atoms with Gasteiger partial charge in [0.1, 0.15) is 11.6 Å². The molecule has 0 aliphatic carbocycles. The molecule has 3 heterocycles. The van der Waals surface area contributed by atoms with Gasteiger partial charge in [-0.25, -0.2) is 9.37 Å². The maximum Gasteiger partial charge on any atom is 0.258 e. The molecular weight excluding hydrogens is 427 g/mol. The molecule has 9 heteroatoms. The number of aromatic amines is 1. The highest BCUT2D eigenvalue weighted by Gasteiger charge is 2.21. The predicted octanol–water partition coefficient (Wildman–Crippen LogP) is 4.56. The number of thioether (sulfide) groups is 1. The van der Waals surface area contributed by atoms with Crippen LogP contribution in [0.25, 0.3) is 28.0 Å². The van der Waals surface area contributed by atoms with Crippen LogP contribution in [0.15, 0.2) is 83.0 Å². The van der Waals surface area contributed by atoms with E-state index in [0.29, 0.717) is 27.7 Å². The number of pyridine rings is 1. The smallest absolute Gasteiger partial charge is 0.258 e. The van der Waals surface area contributed by atoms with E-state index in [1.807, 2.05) is 41.8 Å². The Bertz CT molecular complexity index is 1450. The van der Waals surface area contributed by atoms with Crippen molar-refractivity contribution >= 4 is 22.7 Å². The maximum atomic E-state index is 13.6. The lowest BCUT2D eigenvalue weighted by Crippen LogP contribution is -2.13. The highest BCUT2D eigenvalue weighted by atomic mass is 32.2. The molecule has 3 aromatic heterocycles. The second-order valence-corrected chi connectivity index (χ2v) is 8.39. The van der Waals surface area contributed by atoms with Crippen molar-refractivity contribution in [2.45, 2.75) is 17.3 Å². The molecule has 0 radical (unpaired) electrons. The van der Waals surface area contributed by atoms with Crippen molar-refractivity contribution in [1.82, 2.24) is 29.7 Å². The Kier molecular flexibility index (Phi) is 5.24. The van der Waals surface area contributed by atoms with Gasteiger partial charge in [0.25, 0.3) is 5.56 Å². The molecule has 32 heavy (non-hydrogen) atoms. The monoisotopic (exact) mass is 444 g/mol. The lowest BCUT2D eigenvalue weighted by atomic mass is 10.2. The van der Waals surface area contributed by atoms with Gasteiger partial charge in [0.05, 0.1) is 16.2 Å². The molecule has 0 aliphatic rings. The first-order valence-corrected chi connectivity index (χ1v) is 10.8. The Hall–Kier alpha value is -3.85. The summed E-state index contributed by atoms with van der Waals surface area (Å²) >= 11 is 1.40. The first-order chi connectivity index (χ1) is 15.6. The second-order valence-electron chi connectivity index (χ2n) is 7.08. The third-order valence-electron chi connectivity index (χ3n) is 4.96. The first kappa shape index (κ1) is 20.1. The largest absolute Gasteiger partial charge is 0.309 e. The zero-order chi connectivity index (χ0) is 22.1. The van der Waals surface area contributed by atoms with Crippen molar-refractivity contribution in [1.29, 1.82) is 0 Å². The fourth-order valence-corrected chi connectivity index (χ4v) is 4.29. The van der Waals surface area contributed by atoms with E-state index in [4.69, 9.17) is 0 Å². The van der Waals surface area contributed by atoms with Gasteiger partial charge in [0.15, 0.2) is 11.0 Å². The predicted molar refractivity (Wildman–Crippen MR) is 121 cm³/mol. The zero-order valence-electron chi connectivity index (χ0n) is 16.9. The fraction of sp³-hybridized carbons (Fsp3) is 0.0870. The van der Waals surface area contributed by atoms with Gasteiger partial charge in [-0.05, 0) is 55.5 Å². The molecule has 5 aromatic rings. The maximum absolute atomic E-state index is 13.6. The number of rotatable bonds is 5. The third kappa shape index (κ3) is 3.78. The molecular formula is C23H17FN6OS. The van der Waals surface area contributed by atoms with Crippen LogP contribution < -0.4 is 5.56 Å². The van der Waals surface area contributed by atoms with Crippen molar-refractivity contribution in [3.05, 3.63) is 95.1 Å². The first-order valence-electron chi connectivity index (χ1n) is 9.87. The minimum absolute atomic E-state index is 0.185. The zero-order valence-corrected chi connectivity index (χ0v) is 17.8. The fourth-order valence-electron chi connectivity index (χ4n) is 3.37. The number of fused-ring (bicyclic) bond motifs is 1. The van der Waals surface area contributed by atoms with Gasteiger partial charge >= 0.3 is 0 Å². The standard InChI is InChI=1S/C23H17FN6OS/c1-14(20-26-19-5-3-2-4-18(19)22(31)27-20)32-23-29-28-21(15-10-12-25-13-11-15)30(23)17-8-6-16(24)7-9-17/h2-14H,1H3,(H,26,27,31). The summed E-state index contributed by atoms with van der Waals surface area (Å²) in [6.07, 6.45) is 3.36. The van der Waals surface area contributed by atoms with Crippen LogP contribution in [0.2, 0.25) is 0 Å². The van der Waals surface area contributed by atoms with Gasteiger partial charge in [-0.2, -0.15) is 0 Å². The van der Waals surface area contributed by atoms with E-state index in [0.717, 1.165) is 11.3 Å². The second kappa shape index (κ2) is 8.35. The van der Waals surface area contributed by atoms with Crippen molar-refractivity contribution in [3.8, 4) is 17.1 Å². The summed E-state index contributed by atoms with van der Waals surface area (Å²) < 4.78 is 15.4. The minimum atomic E-state index is -0.326. The molecule has 0 spiro atoms. The average molecular weight is 444 g/mol. The van der Waals surface area contributed by atoms with Gasteiger partial charge in [0, 0.05) is 23.6 Å². The quantitative estimate of drug-likeness (QED) is 0.400. The van der Waals surface area contributed by atoms with E-state index >= 15 is 0 Å². The van der Waals surface area contributed by atoms with Crippen LogP contribution in [0, 0.1) is 5.82 Å². The number of halogens is 1. The molecule has 1 unspecified atom stereocenters. The van der Waals surface area contributed by atoms with Crippen molar-refractivity contribution < 1.29 is 4.39 Å². The Morgan fingerprint density at radius 3 is 2.53 bits per heavy atom. The lowest BCUT2D eigenvalue weighted by Gasteiger charge is -2.14.